The van der Waals surface area contributed by atoms with Gasteiger partial charge in [0.15, 0.2) is 0 Å². The summed E-state index contributed by atoms with van der Waals surface area (Å²) in [6.07, 6.45) is 0.822. The van der Waals surface area contributed by atoms with Crippen molar-refractivity contribution in [3.05, 3.63) is 58.4 Å². The summed E-state index contributed by atoms with van der Waals surface area (Å²) in [7, 11) is 1.62. The Morgan fingerprint density at radius 2 is 1.88 bits per heavy atom. The molecule has 0 saturated heterocycles. The van der Waals surface area contributed by atoms with Gasteiger partial charge in [-0.05, 0) is 48.1 Å². The number of aromatic nitrogens is 2. The van der Waals surface area contributed by atoms with E-state index in [1.165, 1.54) is 11.3 Å². The maximum atomic E-state index is 13.1. The van der Waals surface area contributed by atoms with Gasteiger partial charge in [0, 0.05) is 18.0 Å². The standard InChI is InChI=1S/C26H34N4O3S/c1-18(2)13-14-29(25(32)21-8-7-15-34-21)17-24(31)27-23-16-22(26(3,4)5)28-30(23)19-9-11-20(33-6)12-10-19/h7-12,15-16,18H,13-14,17H2,1-6H3,(H,27,31). The van der Waals surface area contributed by atoms with Gasteiger partial charge in [0.25, 0.3) is 5.91 Å². The Morgan fingerprint density at radius 1 is 1.18 bits per heavy atom. The van der Waals surface area contributed by atoms with E-state index in [9.17, 15) is 9.59 Å². The van der Waals surface area contributed by atoms with Gasteiger partial charge < -0.3 is 15.0 Å². The summed E-state index contributed by atoms with van der Waals surface area (Å²) in [4.78, 5) is 28.4. The quantitative estimate of drug-likeness (QED) is 0.445. The average molecular weight is 483 g/mol. The number of nitrogens with one attached hydrogen (secondary N) is 1. The number of methoxy groups -OCH3 is 1. The Kier molecular flexibility index (Phi) is 8.15. The van der Waals surface area contributed by atoms with Crippen LogP contribution in [0.4, 0.5) is 5.82 Å². The number of amides is 2. The predicted molar refractivity (Wildman–Crippen MR) is 137 cm³/mol. The molecule has 3 aromatic rings. The summed E-state index contributed by atoms with van der Waals surface area (Å²) in [5, 5.41) is 9.62. The Labute approximate surface area is 205 Å². The molecule has 0 spiro atoms. The maximum absolute atomic E-state index is 13.1. The third kappa shape index (κ3) is 6.47. The summed E-state index contributed by atoms with van der Waals surface area (Å²) >= 11 is 1.39. The van der Waals surface area contributed by atoms with E-state index in [0.29, 0.717) is 23.2 Å². The molecular formula is C26H34N4O3S. The van der Waals surface area contributed by atoms with Gasteiger partial charge in [-0.15, -0.1) is 11.3 Å². The molecule has 0 unspecified atom stereocenters. The Bertz CT molecular complexity index is 1100. The summed E-state index contributed by atoms with van der Waals surface area (Å²) in [6, 6.07) is 13.0. The number of nitrogens with zero attached hydrogens (tertiary/aromatic N) is 3. The molecule has 182 valence electrons. The molecule has 0 saturated carbocycles. The van der Waals surface area contributed by atoms with Gasteiger partial charge in [-0.1, -0.05) is 40.7 Å². The normalized spacial score (nSPS) is 11.5. The first-order valence-corrected chi connectivity index (χ1v) is 12.3. The summed E-state index contributed by atoms with van der Waals surface area (Å²) in [5.41, 5.74) is 1.46. The fourth-order valence-electron chi connectivity index (χ4n) is 3.34. The highest BCUT2D eigenvalue weighted by Gasteiger charge is 2.24. The molecule has 0 bridgehead atoms. The molecule has 3 rings (SSSR count). The molecule has 2 aromatic heterocycles. The highest BCUT2D eigenvalue weighted by atomic mass is 32.1. The van der Waals surface area contributed by atoms with E-state index in [1.807, 2.05) is 41.8 Å². The van der Waals surface area contributed by atoms with Crippen LogP contribution in [-0.2, 0) is 10.2 Å². The number of ether oxygens (including phenoxy) is 1. The summed E-state index contributed by atoms with van der Waals surface area (Å²) in [5.74, 6) is 1.35. The van der Waals surface area contributed by atoms with Crippen LogP contribution in [0.2, 0.25) is 0 Å². The minimum atomic E-state index is -0.260. The van der Waals surface area contributed by atoms with Crippen molar-refractivity contribution in [2.45, 2.75) is 46.5 Å². The van der Waals surface area contributed by atoms with Crippen LogP contribution in [0.15, 0.2) is 47.8 Å². The number of thiophene rings is 1. The van der Waals surface area contributed by atoms with E-state index in [0.717, 1.165) is 23.6 Å². The topological polar surface area (TPSA) is 76.5 Å². The van der Waals surface area contributed by atoms with Crippen molar-refractivity contribution >= 4 is 29.0 Å². The van der Waals surface area contributed by atoms with Crippen molar-refractivity contribution in [2.24, 2.45) is 5.92 Å². The second kappa shape index (κ2) is 10.9. The van der Waals surface area contributed by atoms with Crippen LogP contribution in [0.1, 0.15) is 56.4 Å². The molecule has 0 radical (unpaired) electrons. The second-order valence-electron chi connectivity index (χ2n) is 9.71. The van der Waals surface area contributed by atoms with E-state index in [1.54, 1.807) is 22.8 Å². The number of carbonyl (C=O) groups excluding carboxylic acids is 2. The third-order valence-electron chi connectivity index (χ3n) is 5.39. The zero-order valence-electron chi connectivity index (χ0n) is 20.8. The molecule has 1 N–H and O–H groups in total. The second-order valence-corrected chi connectivity index (χ2v) is 10.7. The summed E-state index contributed by atoms with van der Waals surface area (Å²) < 4.78 is 6.98. The number of hydrogen-bond acceptors (Lipinski definition) is 5. The van der Waals surface area contributed by atoms with Crippen molar-refractivity contribution < 1.29 is 14.3 Å². The van der Waals surface area contributed by atoms with Gasteiger partial charge >= 0.3 is 0 Å². The molecule has 8 heteroatoms. The Balaban J connectivity index is 1.84. The largest absolute Gasteiger partial charge is 0.497 e. The lowest BCUT2D eigenvalue weighted by Gasteiger charge is -2.22. The van der Waals surface area contributed by atoms with E-state index in [2.05, 4.69) is 39.9 Å². The van der Waals surface area contributed by atoms with Gasteiger partial charge in [-0.25, -0.2) is 4.68 Å². The van der Waals surface area contributed by atoms with Gasteiger partial charge in [0.1, 0.15) is 18.1 Å². The SMILES string of the molecule is COc1ccc(-n2nc(C(C)(C)C)cc2NC(=O)CN(CCC(C)C)C(=O)c2cccs2)cc1. The fraction of sp³-hybridized carbons (Fsp3) is 0.423. The lowest BCUT2D eigenvalue weighted by Crippen LogP contribution is -2.39. The molecule has 1 aromatic carbocycles. The van der Waals surface area contributed by atoms with Crippen LogP contribution in [0.5, 0.6) is 5.75 Å². The minimum absolute atomic E-state index is 0.0257. The van der Waals surface area contributed by atoms with Crippen LogP contribution in [0.25, 0.3) is 5.69 Å². The zero-order chi connectivity index (χ0) is 24.9. The minimum Gasteiger partial charge on any atom is -0.497 e. The first-order valence-electron chi connectivity index (χ1n) is 11.5. The monoisotopic (exact) mass is 482 g/mol. The van der Waals surface area contributed by atoms with Gasteiger partial charge in [0.05, 0.1) is 23.4 Å². The van der Waals surface area contributed by atoms with Crippen molar-refractivity contribution in [3.8, 4) is 11.4 Å². The van der Waals surface area contributed by atoms with E-state index in [4.69, 9.17) is 9.84 Å². The lowest BCUT2D eigenvalue weighted by atomic mass is 9.92. The highest BCUT2D eigenvalue weighted by molar-refractivity contribution is 7.12. The van der Waals surface area contributed by atoms with E-state index in [-0.39, 0.29) is 23.8 Å². The van der Waals surface area contributed by atoms with Gasteiger partial charge in [-0.3, -0.25) is 9.59 Å². The number of carbonyl (C=O) groups is 2. The number of benzene rings is 1. The van der Waals surface area contributed by atoms with Crippen molar-refractivity contribution in [1.29, 1.82) is 0 Å². The average Bonchev–Trinajstić information content (AvgIpc) is 3.46. The summed E-state index contributed by atoms with van der Waals surface area (Å²) in [6.45, 7) is 10.9. The van der Waals surface area contributed by atoms with E-state index < -0.39 is 0 Å². The van der Waals surface area contributed by atoms with Crippen molar-refractivity contribution in [2.75, 3.05) is 25.5 Å². The Morgan fingerprint density at radius 3 is 2.44 bits per heavy atom. The van der Waals surface area contributed by atoms with Crippen LogP contribution < -0.4 is 10.1 Å². The van der Waals surface area contributed by atoms with Gasteiger partial charge in [-0.2, -0.15) is 5.10 Å². The molecule has 0 aliphatic rings. The number of hydrogen-bond donors (Lipinski definition) is 1. The molecule has 2 amide bonds. The van der Waals surface area contributed by atoms with Crippen molar-refractivity contribution in [3.63, 3.8) is 0 Å². The molecule has 7 nitrogen and oxygen atoms in total. The maximum Gasteiger partial charge on any atom is 0.264 e. The molecule has 0 atom stereocenters. The smallest absolute Gasteiger partial charge is 0.264 e. The van der Waals surface area contributed by atoms with Crippen molar-refractivity contribution in [1.82, 2.24) is 14.7 Å². The highest BCUT2D eigenvalue weighted by Crippen LogP contribution is 2.27. The number of rotatable bonds is 9. The van der Waals surface area contributed by atoms with Gasteiger partial charge in [0.2, 0.25) is 5.91 Å². The third-order valence-corrected chi connectivity index (χ3v) is 6.25. The zero-order valence-corrected chi connectivity index (χ0v) is 21.6. The lowest BCUT2D eigenvalue weighted by molar-refractivity contribution is -0.117. The first kappa shape index (κ1) is 25.5. The Hall–Kier alpha value is -3.13. The molecule has 34 heavy (non-hydrogen) atoms. The molecule has 0 aliphatic heterocycles. The molecule has 0 fully saturated rings. The molecule has 2 heterocycles. The predicted octanol–water partition coefficient (Wildman–Crippen LogP) is 5.37. The van der Waals surface area contributed by atoms with E-state index >= 15 is 0 Å². The van der Waals surface area contributed by atoms with Crippen LogP contribution >= 0.6 is 11.3 Å². The molecule has 0 aliphatic carbocycles. The van der Waals surface area contributed by atoms with Crippen LogP contribution in [0.3, 0.4) is 0 Å². The van der Waals surface area contributed by atoms with Crippen LogP contribution in [-0.4, -0.2) is 46.7 Å². The first-order chi connectivity index (χ1) is 16.1. The van der Waals surface area contributed by atoms with Crippen LogP contribution in [0, 0.1) is 5.92 Å². The molecular weight excluding hydrogens is 448 g/mol. The fourth-order valence-corrected chi connectivity index (χ4v) is 4.03. The number of anilines is 1.